The minimum Gasteiger partial charge on any atom is -0.346 e. The molecule has 24 heavy (non-hydrogen) atoms. The number of carbonyl (C=O) groups excluding carboxylic acids is 1. The Labute approximate surface area is 148 Å². The Morgan fingerprint density at radius 3 is 2.92 bits per heavy atom. The summed E-state index contributed by atoms with van der Waals surface area (Å²) in [5, 5.41) is 7.58. The van der Waals surface area contributed by atoms with Crippen molar-refractivity contribution in [3.8, 4) is 0 Å². The number of nitrogens with zero attached hydrogens (tertiary/aromatic N) is 2. The molecule has 3 aromatic rings. The molecule has 3 heterocycles. The molecule has 0 aliphatic carbocycles. The molecule has 1 N–H and O–H groups in total. The highest BCUT2D eigenvalue weighted by molar-refractivity contribution is 7.14. The van der Waals surface area contributed by atoms with Gasteiger partial charge in [0.15, 0.2) is 5.01 Å². The number of aromatic nitrogens is 1. The lowest BCUT2D eigenvalue weighted by molar-refractivity contribution is 0.0950. The summed E-state index contributed by atoms with van der Waals surface area (Å²) < 4.78 is 0. The zero-order chi connectivity index (χ0) is 16.4. The summed E-state index contributed by atoms with van der Waals surface area (Å²) >= 11 is 3.15. The minimum absolute atomic E-state index is 0.0892. The lowest BCUT2D eigenvalue weighted by Crippen LogP contribution is -2.25. The molecule has 6 heteroatoms. The van der Waals surface area contributed by atoms with Crippen LogP contribution in [0.25, 0.3) is 0 Å². The standard InChI is InChI=1S/C18H17N3OS2/c22-17(19-11-13-8-10-23-12-13)18-20-16-15(24-18)7-4-9-21(16)14-5-2-1-3-6-14/h1-3,5-6,8,10,12H,4,7,9,11H2,(H,19,22). The van der Waals surface area contributed by atoms with E-state index in [0.29, 0.717) is 11.6 Å². The molecule has 4 nitrogen and oxygen atoms in total. The zero-order valence-electron chi connectivity index (χ0n) is 13.1. The van der Waals surface area contributed by atoms with Crippen LogP contribution in [0.15, 0.2) is 47.2 Å². The summed E-state index contributed by atoms with van der Waals surface area (Å²) in [5.41, 5.74) is 2.26. The summed E-state index contributed by atoms with van der Waals surface area (Å²) in [5.74, 6) is 0.853. The van der Waals surface area contributed by atoms with Crippen LogP contribution in [0.1, 0.15) is 26.7 Å². The molecule has 2 aromatic heterocycles. The van der Waals surface area contributed by atoms with Crippen LogP contribution in [0.2, 0.25) is 0 Å². The van der Waals surface area contributed by atoms with Crippen molar-refractivity contribution in [1.82, 2.24) is 10.3 Å². The van der Waals surface area contributed by atoms with Crippen LogP contribution >= 0.6 is 22.7 Å². The Hall–Kier alpha value is -2.18. The first-order valence-corrected chi connectivity index (χ1v) is 9.69. The number of para-hydroxylation sites is 1. The molecule has 1 aromatic carbocycles. The molecule has 4 rings (SSSR count). The second-order valence-electron chi connectivity index (χ2n) is 5.67. The van der Waals surface area contributed by atoms with Crippen molar-refractivity contribution in [2.75, 3.05) is 11.4 Å². The molecule has 0 spiro atoms. The molecular weight excluding hydrogens is 338 g/mol. The Bertz CT molecular complexity index is 827. The van der Waals surface area contributed by atoms with Gasteiger partial charge in [-0.05, 0) is 47.4 Å². The molecule has 0 bridgehead atoms. The maximum absolute atomic E-state index is 12.4. The lowest BCUT2D eigenvalue weighted by Gasteiger charge is -2.27. The highest BCUT2D eigenvalue weighted by Gasteiger charge is 2.25. The van der Waals surface area contributed by atoms with E-state index in [9.17, 15) is 4.79 Å². The minimum atomic E-state index is -0.0892. The van der Waals surface area contributed by atoms with Gasteiger partial charge >= 0.3 is 0 Å². The summed E-state index contributed by atoms with van der Waals surface area (Å²) in [4.78, 5) is 20.5. The van der Waals surface area contributed by atoms with Gasteiger partial charge in [-0.2, -0.15) is 11.3 Å². The second-order valence-corrected chi connectivity index (χ2v) is 7.53. The molecule has 0 fully saturated rings. The molecule has 0 saturated carbocycles. The van der Waals surface area contributed by atoms with Gasteiger partial charge in [0.25, 0.3) is 5.91 Å². The Morgan fingerprint density at radius 2 is 2.12 bits per heavy atom. The van der Waals surface area contributed by atoms with Crippen LogP contribution in [-0.4, -0.2) is 17.4 Å². The van der Waals surface area contributed by atoms with Crippen molar-refractivity contribution in [3.05, 3.63) is 62.6 Å². The molecular formula is C18H17N3OS2. The van der Waals surface area contributed by atoms with Gasteiger partial charge in [0.2, 0.25) is 0 Å². The third kappa shape index (κ3) is 3.07. The number of hydrogen-bond donors (Lipinski definition) is 1. The number of amides is 1. The number of fused-ring (bicyclic) bond motifs is 1. The monoisotopic (exact) mass is 355 g/mol. The highest BCUT2D eigenvalue weighted by atomic mass is 32.1. The van der Waals surface area contributed by atoms with Gasteiger partial charge in [0, 0.05) is 23.7 Å². The van der Waals surface area contributed by atoms with Crippen molar-refractivity contribution >= 4 is 40.1 Å². The van der Waals surface area contributed by atoms with Crippen LogP contribution in [0.4, 0.5) is 11.5 Å². The van der Waals surface area contributed by atoms with Gasteiger partial charge in [-0.3, -0.25) is 4.79 Å². The summed E-state index contributed by atoms with van der Waals surface area (Å²) in [6.07, 6.45) is 2.08. The van der Waals surface area contributed by atoms with Crippen molar-refractivity contribution in [2.45, 2.75) is 19.4 Å². The van der Waals surface area contributed by atoms with Crippen LogP contribution < -0.4 is 10.2 Å². The Kier molecular flexibility index (Phi) is 4.32. The maximum Gasteiger partial charge on any atom is 0.280 e. The van der Waals surface area contributed by atoms with Crippen LogP contribution in [0.5, 0.6) is 0 Å². The molecule has 1 aliphatic rings. The number of thiophene rings is 1. The number of thiazole rings is 1. The van der Waals surface area contributed by atoms with E-state index in [1.165, 1.54) is 16.2 Å². The number of aryl methyl sites for hydroxylation is 1. The molecule has 122 valence electrons. The van der Waals surface area contributed by atoms with E-state index >= 15 is 0 Å². The van der Waals surface area contributed by atoms with Crippen molar-refractivity contribution in [3.63, 3.8) is 0 Å². The number of anilines is 2. The first-order valence-electron chi connectivity index (χ1n) is 7.93. The lowest BCUT2D eigenvalue weighted by atomic mass is 10.1. The molecule has 1 amide bonds. The average molecular weight is 355 g/mol. The van der Waals surface area contributed by atoms with Crippen molar-refractivity contribution < 1.29 is 4.79 Å². The third-order valence-electron chi connectivity index (χ3n) is 4.01. The second kappa shape index (κ2) is 6.75. The average Bonchev–Trinajstić information content (AvgIpc) is 3.29. The van der Waals surface area contributed by atoms with Crippen LogP contribution in [0, 0.1) is 0 Å². The van der Waals surface area contributed by atoms with E-state index < -0.39 is 0 Å². The van der Waals surface area contributed by atoms with E-state index in [0.717, 1.165) is 36.5 Å². The van der Waals surface area contributed by atoms with Gasteiger partial charge in [0.1, 0.15) is 5.82 Å². The first kappa shape index (κ1) is 15.4. The fourth-order valence-corrected chi connectivity index (χ4v) is 4.52. The van der Waals surface area contributed by atoms with Crippen molar-refractivity contribution in [2.24, 2.45) is 0 Å². The van der Waals surface area contributed by atoms with Crippen molar-refractivity contribution in [1.29, 1.82) is 0 Å². The number of benzene rings is 1. The molecule has 0 saturated heterocycles. The molecule has 0 unspecified atom stereocenters. The largest absolute Gasteiger partial charge is 0.346 e. The fourth-order valence-electron chi connectivity index (χ4n) is 2.83. The van der Waals surface area contributed by atoms with Gasteiger partial charge in [-0.25, -0.2) is 4.98 Å². The summed E-state index contributed by atoms with van der Waals surface area (Å²) in [6, 6.07) is 12.3. The number of hydrogen-bond acceptors (Lipinski definition) is 5. The van der Waals surface area contributed by atoms with E-state index in [1.54, 1.807) is 11.3 Å². The fraction of sp³-hybridized carbons (Fsp3) is 0.222. The summed E-state index contributed by atoms with van der Waals surface area (Å²) in [6.45, 7) is 1.49. The highest BCUT2D eigenvalue weighted by Crippen LogP contribution is 2.36. The predicted octanol–water partition coefficient (Wildman–Crippen LogP) is 4.22. The quantitative estimate of drug-likeness (QED) is 0.762. The molecule has 0 radical (unpaired) electrons. The van der Waals surface area contributed by atoms with Gasteiger partial charge in [-0.1, -0.05) is 18.2 Å². The maximum atomic E-state index is 12.4. The molecule has 0 atom stereocenters. The van der Waals surface area contributed by atoms with Gasteiger partial charge in [0.05, 0.1) is 0 Å². The Balaban J connectivity index is 1.54. The van der Waals surface area contributed by atoms with E-state index in [-0.39, 0.29) is 5.91 Å². The predicted molar refractivity (Wildman–Crippen MR) is 99.4 cm³/mol. The van der Waals surface area contributed by atoms with Crippen LogP contribution in [0.3, 0.4) is 0 Å². The third-order valence-corrected chi connectivity index (χ3v) is 5.85. The van der Waals surface area contributed by atoms with E-state index in [4.69, 9.17) is 0 Å². The first-order chi connectivity index (χ1) is 11.8. The summed E-state index contributed by atoms with van der Waals surface area (Å²) in [7, 11) is 0. The smallest absolute Gasteiger partial charge is 0.280 e. The van der Waals surface area contributed by atoms with E-state index in [2.05, 4.69) is 27.3 Å². The Morgan fingerprint density at radius 1 is 1.25 bits per heavy atom. The van der Waals surface area contributed by atoms with E-state index in [1.807, 2.05) is 35.0 Å². The van der Waals surface area contributed by atoms with Crippen LogP contribution in [-0.2, 0) is 13.0 Å². The number of carbonyl (C=O) groups is 1. The molecule has 1 aliphatic heterocycles. The topological polar surface area (TPSA) is 45.2 Å². The normalized spacial score (nSPS) is 13.6. The SMILES string of the molecule is O=C(NCc1ccsc1)c1nc2c(s1)CCCN2c1ccccc1. The van der Waals surface area contributed by atoms with Gasteiger partial charge < -0.3 is 10.2 Å². The zero-order valence-corrected chi connectivity index (χ0v) is 14.7. The van der Waals surface area contributed by atoms with Gasteiger partial charge in [-0.15, -0.1) is 11.3 Å². The number of nitrogens with one attached hydrogen (secondary N) is 1. The number of rotatable bonds is 4.